The van der Waals surface area contributed by atoms with Crippen molar-refractivity contribution in [3.63, 3.8) is 0 Å². The number of carbonyl (C=O) groups excluding carboxylic acids is 1. The largest absolute Gasteiger partial charge is 0.353 e. The van der Waals surface area contributed by atoms with Crippen LogP contribution in [0.4, 0.5) is 0 Å². The molecule has 0 spiro atoms. The van der Waals surface area contributed by atoms with Crippen LogP contribution in [0.5, 0.6) is 0 Å². The summed E-state index contributed by atoms with van der Waals surface area (Å²) in [5.41, 5.74) is 0.276. The molecule has 0 bridgehead atoms. The monoisotopic (exact) mass is 322 g/mol. The van der Waals surface area contributed by atoms with E-state index in [4.69, 9.17) is 0 Å². The van der Waals surface area contributed by atoms with Gasteiger partial charge < -0.3 is 5.32 Å². The van der Waals surface area contributed by atoms with Crippen molar-refractivity contribution in [2.75, 3.05) is 7.05 Å². The molecule has 1 amide bonds. The van der Waals surface area contributed by atoms with Crippen molar-refractivity contribution < 1.29 is 4.79 Å². The van der Waals surface area contributed by atoms with Crippen LogP contribution in [0.2, 0.25) is 0 Å². The fourth-order valence-electron chi connectivity index (χ4n) is 4.46. The highest BCUT2D eigenvalue weighted by Gasteiger charge is 2.44. The second-order valence-electron chi connectivity index (χ2n) is 9.79. The summed E-state index contributed by atoms with van der Waals surface area (Å²) in [5, 5.41) is 3.34. The van der Waals surface area contributed by atoms with E-state index in [2.05, 4.69) is 58.8 Å². The Morgan fingerprint density at radius 2 is 1.70 bits per heavy atom. The maximum absolute atomic E-state index is 12.4. The number of hydrogen-bond donors (Lipinski definition) is 1. The lowest BCUT2D eigenvalue weighted by molar-refractivity contribution is -0.123. The van der Waals surface area contributed by atoms with Crippen LogP contribution in [0.25, 0.3) is 0 Å². The van der Waals surface area contributed by atoms with Gasteiger partial charge in [-0.05, 0) is 78.2 Å². The number of nitrogens with one attached hydrogen (secondary N) is 1. The number of nitrogens with zero attached hydrogens (tertiary/aromatic N) is 1. The molecular formula is C20H38N2O. The summed E-state index contributed by atoms with van der Waals surface area (Å²) >= 11 is 0. The van der Waals surface area contributed by atoms with Crippen LogP contribution >= 0.6 is 0 Å². The molecule has 1 heterocycles. The Morgan fingerprint density at radius 1 is 1.13 bits per heavy atom. The first-order valence-corrected chi connectivity index (χ1v) is 9.54. The smallest absolute Gasteiger partial charge is 0.220 e. The molecule has 0 aromatic rings. The zero-order valence-electron chi connectivity index (χ0n) is 16.4. The Balaban J connectivity index is 1.78. The first-order valence-electron chi connectivity index (χ1n) is 9.54. The Labute approximate surface area is 143 Å². The fourth-order valence-corrected chi connectivity index (χ4v) is 4.46. The molecule has 1 saturated carbocycles. The van der Waals surface area contributed by atoms with E-state index >= 15 is 0 Å². The van der Waals surface area contributed by atoms with Crippen LogP contribution in [0.15, 0.2) is 0 Å². The molecule has 3 heteroatoms. The summed E-state index contributed by atoms with van der Waals surface area (Å²) in [7, 11) is 2.21. The summed E-state index contributed by atoms with van der Waals surface area (Å²) in [6.07, 6.45) is 6.71. The van der Waals surface area contributed by atoms with Crippen molar-refractivity contribution in [2.45, 2.75) is 97.2 Å². The van der Waals surface area contributed by atoms with Crippen molar-refractivity contribution in [3.05, 3.63) is 0 Å². The minimum atomic E-state index is 0.138. The lowest BCUT2D eigenvalue weighted by Crippen LogP contribution is -2.62. The molecule has 1 N–H and O–H groups in total. The number of hydrogen-bond acceptors (Lipinski definition) is 2. The predicted octanol–water partition coefficient (Wildman–Crippen LogP) is 4.22. The van der Waals surface area contributed by atoms with Gasteiger partial charge in [-0.15, -0.1) is 0 Å². The van der Waals surface area contributed by atoms with E-state index in [-0.39, 0.29) is 17.0 Å². The molecule has 1 saturated heterocycles. The molecule has 1 aliphatic carbocycles. The van der Waals surface area contributed by atoms with Gasteiger partial charge in [0.15, 0.2) is 0 Å². The minimum absolute atomic E-state index is 0.138. The van der Waals surface area contributed by atoms with E-state index in [0.717, 1.165) is 31.1 Å². The van der Waals surface area contributed by atoms with Crippen molar-refractivity contribution in [1.29, 1.82) is 0 Å². The van der Waals surface area contributed by atoms with Gasteiger partial charge in [-0.1, -0.05) is 20.3 Å². The molecule has 2 rings (SSSR count). The van der Waals surface area contributed by atoms with Crippen LogP contribution in [0, 0.1) is 17.8 Å². The lowest BCUT2D eigenvalue weighted by atomic mass is 9.77. The topological polar surface area (TPSA) is 32.3 Å². The van der Waals surface area contributed by atoms with E-state index < -0.39 is 0 Å². The Kier molecular flexibility index (Phi) is 5.50. The van der Waals surface area contributed by atoms with E-state index in [1.807, 2.05) is 0 Å². The van der Waals surface area contributed by atoms with Gasteiger partial charge in [0.2, 0.25) is 5.91 Å². The maximum Gasteiger partial charge on any atom is 0.220 e. The molecule has 0 aromatic heterocycles. The van der Waals surface area contributed by atoms with Gasteiger partial charge in [-0.25, -0.2) is 0 Å². The lowest BCUT2D eigenvalue weighted by Gasteiger charge is -2.53. The van der Waals surface area contributed by atoms with Crippen molar-refractivity contribution in [2.24, 2.45) is 17.8 Å². The normalized spacial score (nSPS) is 30.4. The average Bonchev–Trinajstić information content (AvgIpc) is 3.10. The van der Waals surface area contributed by atoms with E-state index in [1.165, 1.54) is 19.3 Å². The molecule has 0 aromatic carbocycles. The Hall–Kier alpha value is -0.570. The van der Waals surface area contributed by atoms with E-state index in [9.17, 15) is 4.79 Å². The van der Waals surface area contributed by atoms with Gasteiger partial charge in [-0.2, -0.15) is 0 Å². The zero-order valence-corrected chi connectivity index (χ0v) is 16.4. The summed E-state index contributed by atoms with van der Waals surface area (Å²) in [6, 6.07) is 0.316. The van der Waals surface area contributed by atoms with Crippen LogP contribution in [-0.2, 0) is 4.79 Å². The molecule has 2 unspecified atom stereocenters. The predicted molar refractivity (Wildman–Crippen MR) is 97.4 cm³/mol. The van der Waals surface area contributed by atoms with Crippen LogP contribution < -0.4 is 5.32 Å². The molecule has 2 atom stereocenters. The number of carbonyl (C=O) groups is 1. The van der Waals surface area contributed by atoms with E-state index in [0.29, 0.717) is 12.0 Å². The van der Waals surface area contributed by atoms with Crippen molar-refractivity contribution in [1.82, 2.24) is 10.2 Å². The van der Waals surface area contributed by atoms with Crippen molar-refractivity contribution in [3.8, 4) is 0 Å². The number of amides is 1. The van der Waals surface area contributed by atoms with Gasteiger partial charge >= 0.3 is 0 Å². The number of likely N-dealkylation sites (tertiary alicyclic amines) is 1. The summed E-state index contributed by atoms with van der Waals surface area (Å²) < 4.78 is 0. The summed E-state index contributed by atoms with van der Waals surface area (Å²) in [4.78, 5) is 14.9. The molecule has 134 valence electrons. The second-order valence-corrected chi connectivity index (χ2v) is 9.79. The van der Waals surface area contributed by atoms with Gasteiger partial charge in [0, 0.05) is 23.5 Å². The quantitative estimate of drug-likeness (QED) is 0.794. The van der Waals surface area contributed by atoms with Gasteiger partial charge in [-0.3, -0.25) is 9.69 Å². The minimum Gasteiger partial charge on any atom is -0.353 e. The standard InChI is InChI=1S/C20H38N2O/c1-14(2)8-9-15-10-16(15)11-18(23)21-17-12-19(3,4)22(7)20(5,6)13-17/h14-17H,8-13H2,1-7H3,(H,21,23). The number of piperidine rings is 1. The second kappa shape index (κ2) is 6.74. The Bertz CT molecular complexity index is 409. The first-order chi connectivity index (χ1) is 10.5. The molecule has 1 aliphatic heterocycles. The molecule has 0 radical (unpaired) electrons. The highest BCUT2D eigenvalue weighted by atomic mass is 16.1. The third kappa shape index (κ3) is 4.95. The highest BCUT2D eigenvalue weighted by molar-refractivity contribution is 5.77. The summed E-state index contributed by atoms with van der Waals surface area (Å²) in [5.74, 6) is 2.53. The Morgan fingerprint density at radius 3 is 2.22 bits per heavy atom. The molecule has 2 fully saturated rings. The zero-order chi connectivity index (χ0) is 17.4. The van der Waals surface area contributed by atoms with Gasteiger partial charge in [0.1, 0.15) is 0 Å². The molecule has 23 heavy (non-hydrogen) atoms. The number of rotatable bonds is 6. The SMILES string of the molecule is CC(C)CCC1CC1CC(=O)NC1CC(C)(C)N(C)C(C)(C)C1. The van der Waals surface area contributed by atoms with Crippen LogP contribution in [-0.4, -0.2) is 35.0 Å². The molecular weight excluding hydrogens is 284 g/mol. The first kappa shape index (κ1) is 18.8. The van der Waals surface area contributed by atoms with Gasteiger partial charge in [0.25, 0.3) is 0 Å². The van der Waals surface area contributed by atoms with Gasteiger partial charge in [0.05, 0.1) is 0 Å². The average molecular weight is 323 g/mol. The fraction of sp³-hybridized carbons (Fsp3) is 0.950. The molecule has 3 nitrogen and oxygen atoms in total. The van der Waals surface area contributed by atoms with Crippen LogP contribution in [0.3, 0.4) is 0 Å². The van der Waals surface area contributed by atoms with Crippen LogP contribution in [0.1, 0.15) is 80.1 Å². The highest BCUT2D eigenvalue weighted by Crippen LogP contribution is 2.45. The molecule has 2 aliphatic rings. The van der Waals surface area contributed by atoms with Crippen molar-refractivity contribution >= 4 is 5.91 Å². The summed E-state index contributed by atoms with van der Waals surface area (Å²) in [6.45, 7) is 13.7. The maximum atomic E-state index is 12.4. The van der Waals surface area contributed by atoms with E-state index in [1.54, 1.807) is 0 Å². The third-order valence-corrected chi connectivity index (χ3v) is 6.30. The third-order valence-electron chi connectivity index (χ3n) is 6.30.